The number of piperazine rings is 1. The van der Waals surface area contributed by atoms with Crippen molar-refractivity contribution in [1.82, 2.24) is 15.2 Å². The Bertz CT molecular complexity index is 740. The molecule has 0 bridgehead atoms. The number of hydrogen-bond acceptors (Lipinski definition) is 5. The number of nitrogens with one attached hydrogen (secondary N) is 1. The number of aryl methyl sites for hydroxylation is 1. The van der Waals surface area contributed by atoms with Crippen LogP contribution in [0.15, 0.2) is 42.6 Å². The van der Waals surface area contributed by atoms with Gasteiger partial charge in [-0.15, -0.1) is 0 Å². The first kappa shape index (κ1) is 19.2. The molecule has 1 N–H and O–H groups in total. The summed E-state index contributed by atoms with van der Waals surface area (Å²) in [7, 11) is 1.66. The highest BCUT2D eigenvalue weighted by atomic mass is 16.5. The minimum Gasteiger partial charge on any atom is -0.497 e. The van der Waals surface area contributed by atoms with Crippen LogP contribution in [0.2, 0.25) is 0 Å². The third-order valence-electron chi connectivity index (χ3n) is 4.88. The maximum absolute atomic E-state index is 12.2. The molecule has 27 heavy (non-hydrogen) atoms. The molecule has 144 valence electrons. The molecule has 1 aromatic carbocycles. The van der Waals surface area contributed by atoms with E-state index in [4.69, 9.17) is 4.74 Å². The molecular formula is C21H28N4O2. The number of benzene rings is 1. The molecule has 1 aromatic heterocycles. The molecule has 0 aliphatic carbocycles. The van der Waals surface area contributed by atoms with E-state index in [2.05, 4.69) is 32.2 Å². The Kier molecular flexibility index (Phi) is 6.65. The molecule has 0 atom stereocenters. The van der Waals surface area contributed by atoms with E-state index >= 15 is 0 Å². The lowest BCUT2D eigenvalue weighted by Crippen LogP contribution is -2.49. The van der Waals surface area contributed by atoms with Crippen LogP contribution in [-0.4, -0.2) is 62.2 Å². The smallest absolute Gasteiger partial charge is 0.234 e. The lowest BCUT2D eigenvalue weighted by atomic mass is 10.1. The average Bonchev–Trinajstić information content (AvgIpc) is 2.69. The van der Waals surface area contributed by atoms with Crippen LogP contribution in [0.1, 0.15) is 11.3 Å². The summed E-state index contributed by atoms with van der Waals surface area (Å²) in [5, 5.41) is 3.02. The van der Waals surface area contributed by atoms with Crippen LogP contribution in [0.3, 0.4) is 0 Å². The maximum Gasteiger partial charge on any atom is 0.234 e. The third-order valence-corrected chi connectivity index (χ3v) is 4.88. The SMILES string of the molecule is COc1ccc(CCNC(=O)CN2CCN(c3ccnc(C)c3)CC2)cc1. The fraction of sp³-hybridized carbons (Fsp3) is 0.429. The molecule has 6 heteroatoms. The lowest BCUT2D eigenvalue weighted by Gasteiger charge is -2.35. The summed E-state index contributed by atoms with van der Waals surface area (Å²) in [4.78, 5) is 21.0. The summed E-state index contributed by atoms with van der Waals surface area (Å²) >= 11 is 0. The normalized spacial score (nSPS) is 14.8. The molecule has 1 aliphatic rings. The molecule has 1 saturated heterocycles. The highest BCUT2D eigenvalue weighted by molar-refractivity contribution is 5.78. The summed E-state index contributed by atoms with van der Waals surface area (Å²) in [5.41, 5.74) is 3.44. The molecular weight excluding hydrogens is 340 g/mol. The van der Waals surface area contributed by atoms with Crippen LogP contribution >= 0.6 is 0 Å². The van der Waals surface area contributed by atoms with Crippen LogP contribution in [0.5, 0.6) is 5.75 Å². The second kappa shape index (κ2) is 9.37. The van der Waals surface area contributed by atoms with Crippen molar-refractivity contribution >= 4 is 11.6 Å². The summed E-state index contributed by atoms with van der Waals surface area (Å²) in [5.74, 6) is 0.945. The van der Waals surface area contributed by atoms with Crippen LogP contribution in [0.4, 0.5) is 5.69 Å². The van der Waals surface area contributed by atoms with Gasteiger partial charge in [-0.25, -0.2) is 0 Å². The Morgan fingerprint density at radius 1 is 1.15 bits per heavy atom. The van der Waals surface area contributed by atoms with Gasteiger partial charge in [0.1, 0.15) is 5.75 Å². The number of rotatable bonds is 7. The number of amides is 1. The van der Waals surface area contributed by atoms with Crippen molar-refractivity contribution in [1.29, 1.82) is 0 Å². The zero-order chi connectivity index (χ0) is 19.1. The number of nitrogens with zero attached hydrogens (tertiary/aromatic N) is 3. The quantitative estimate of drug-likeness (QED) is 0.809. The summed E-state index contributed by atoms with van der Waals surface area (Å²) in [6.07, 6.45) is 2.68. The van der Waals surface area contributed by atoms with E-state index < -0.39 is 0 Å². The number of carbonyl (C=O) groups is 1. The molecule has 0 saturated carbocycles. The molecule has 2 heterocycles. The number of ether oxygens (including phenoxy) is 1. The van der Waals surface area contributed by atoms with E-state index in [9.17, 15) is 4.79 Å². The van der Waals surface area contributed by atoms with Gasteiger partial charge in [0.25, 0.3) is 0 Å². The minimum atomic E-state index is 0.0942. The van der Waals surface area contributed by atoms with Gasteiger partial charge in [0, 0.05) is 50.3 Å². The van der Waals surface area contributed by atoms with Crippen LogP contribution in [0, 0.1) is 6.92 Å². The first-order valence-corrected chi connectivity index (χ1v) is 9.43. The van der Waals surface area contributed by atoms with Crippen molar-refractivity contribution in [3.05, 3.63) is 53.9 Å². The summed E-state index contributed by atoms with van der Waals surface area (Å²) in [6, 6.07) is 12.1. The van der Waals surface area contributed by atoms with Crippen LogP contribution in [-0.2, 0) is 11.2 Å². The van der Waals surface area contributed by atoms with Crippen molar-refractivity contribution in [3.63, 3.8) is 0 Å². The van der Waals surface area contributed by atoms with Crippen LogP contribution in [0.25, 0.3) is 0 Å². The molecule has 1 fully saturated rings. The monoisotopic (exact) mass is 368 g/mol. The topological polar surface area (TPSA) is 57.7 Å². The van der Waals surface area contributed by atoms with Gasteiger partial charge >= 0.3 is 0 Å². The predicted molar refractivity (Wildman–Crippen MR) is 107 cm³/mol. The van der Waals surface area contributed by atoms with E-state index in [1.165, 1.54) is 11.3 Å². The predicted octanol–water partition coefficient (Wildman–Crippen LogP) is 1.88. The van der Waals surface area contributed by atoms with Crippen molar-refractivity contribution in [3.8, 4) is 5.75 Å². The van der Waals surface area contributed by atoms with Crippen molar-refractivity contribution in [2.75, 3.05) is 51.3 Å². The Hall–Kier alpha value is -2.60. The van der Waals surface area contributed by atoms with Crippen molar-refractivity contribution in [2.24, 2.45) is 0 Å². The molecule has 0 unspecified atom stereocenters. The Morgan fingerprint density at radius 2 is 1.89 bits per heavy atom. The van der Waals surface area contributed by atoms with Gasteiger partial charge in [0.15, 0.2) is 0 Å². The van der Waals surface area contributed by atoms with Gasteiger partial charge in [-0.1, -0.05) is 12.1 Å². The van der Waals surface area contributed by atoms with Gasteiger partial charge < -0.3 is 15.0 Å². The van der Waals surface area contributed by atoms with Gasteiger partial charge in [-0.2, -0.15) is 0 Å². The molecule has 2 aromatic rings. The number of anilines is 1. The largest absolute Gasteiger partial charge is 0.497 e. The van der Waals surface area contributed by atoms with E-state index in [0.717, 1.165) is 44.0 Å². The maximum atomic E-state index is 12.2. The van der Waals surface area contributed by atoms with Gasteiger partial charge in [0.2, 0.25) is 5.91 Å². The number of carbonyl (C=O) groups excluding carboxylic acids is 1. The van der Waals surface area contributed by atoms with E-state index in [0.29, 0.717) is 13.1 Å². The molecule has 3 rings (SSSR count). The Balaban J connectivity index is 1.36. The van der Waals surface area contributed by atoms with E-state index in [1.807, 2.05) is 37.4 Å². The molecule has 0 spiro atoms. The molecule has 1 aliphatic heterocycles. The number of methoxy groups -OCH3 is 1. The molecule has 6 nitrogen and oxygen atoms in total. The first-order valence-electron chi connectivity index (χ1n) is 9.43. The molecule has 0 radical (unpaired) electrons. The second-order valence-electron chi connectivity index (χ2n) is 6.87. The van der Waals surface area contributed by atoms with Crippen molar-refractivity contribution in [2.45, 2.75) is 13.3 Å². The van der Waals surface area contributed by atoms with Gasteiger partial charge in [-0.05, 0) is 43.2 Å². The van der Waals surface area contributed by atoms with Gasteiger partial charge in [-0.3, -0.25) is 14.7 Å². The third kappa shape index (κ3) is 5.69. The standard InChI is InChI=1S/C21H28N4O2/c1-17-15-19(8-10-22-17)25-13-11-24(12-14-25)16-21(26)23-9-7-18-3-5-20(27-2)6-4-18/h3-6,8,10,15H,7,9,11-14,16H2,1-2H3,(H,23,26). The summed E-state index contributed by atoms with van der Waals surface area (Å²) < 4.78 is 5.16. The highest BCUT2D eigenvalue weighted by Crippen LogP contribution is 2.16. The van der Waals surface area contributed by atoms with Crippen LogP contribution < -0.4 is 15.0 Å². The number of hydrogen-bond donors (Lipinski definition) is 1. The Labute approximate surface area is 161 Å². The number of aromatic nitrogens is 1. The summed E-state index contributed by atoms with van der Waals surface area (Å²) in [6.45, 7) is 6.79. The zero-order valence-corrected chi connectivity index (χ0v) is 16.1. The second-order valence-corrected chi connectivity index (χ2v) is 6.87. The Morgan fingerprint density at radius 3 is 2.56 bits per heavy atom. The first-order chi connectivity index (χ1) is 13.1. The highest BCUT2D eigenvalue weighted by Gasteiger charge is 2.19. The number of pyridine rings is 1. The molecule has 1 amide bonds. The fourth-order valence-electron chi connectivity index (χ4n) is 3.29. The minimum absolute atomic E-state index is 0.0942. The van der Waals surface area contributed by atoms with E-state index in [-0.39, 0.29) is 5.91 Å². The average molecular weight is 368 g/mol. The lowest BCUT2D eigenvalue weighted by molar-refractivity contribution is -0.122. The zero-order valence-electron chi connectivity index (χ0n) is 16.1. The van der Waals surface area contributed by atoms with Crippen molar-refractivity contribution < 1.29 is 9.53 Å². The van der Waals surface area contributed by atoms with E-state index in [1.54, 1.807) is 7.11 Å². The fourth-order valence-corrected chi connectivity index (χ4v) is 3.29. The van der Waals surface area contributed by atoms with Gasteiger partial charge in [0.05, 0.1) is 13.7 Å².